The second-order valence-electron chi connectivity index (χ2n) is 5.07. The van der Waals surface area contributed by atoms with Crippen molar-refractivity contribution < 1.29 is 9.90 Å². The molecule has 0 radical (unpaired) electrons. The highest BCUT2D eigenvalue weighted by atomic mass is 16.3. The van der Waals surface area contributed by atoms with Crippen LogP contribution < -0.4 is 16.8 Å². The van der Waals surface area contributed by atoms with E-state index in [1.165, 1.54) is 6.42 Å². The largest absolute Gasteiger partial charge is 0.389 e. The standard InChI is InChI=1S/C11H23N3O2/c1-8-3-2-4-11(16,5-8)7-14-6-9(12)10(13)15/h8-9,14,16H,2-7,12H2,1H3,(H2,13,15). The molecule has 1 rings (SSSR count). The predicted molar refractivity (Wildman–Crippen MR) is 62.6 cm³/mol. The Morgan fingerprint density at radius 3 is 2.94 bits per heavy atom. The van der Waals surface area contributed by atoms with Crippen LogP contribution in [-0.2, 0) is 4.79 Å². The van der Waals surface area contributed by atoms with Crippen molar-refractivity contribution in [2.24, 2.45) is 17.4 Å². The lowest BCUT2D eigenvalue weighted by atomic mass is 9.79. The lowest BCUT2D eigenvalue weighted by Crippen LogP contribution is -2.50. The molecule has 3 atom stereocenters. The molecule has 0 spiro atoms. The first-order valence-electron chi connectivity index (χ1n) is 5.91. The van der Waals surface area contributed by atoms with E-state index in [1.807, 2.05) is 0 Å². The van der Waals surface area contributed by atoms with E-state index in [4.69, 9.17) is 11.5 Å². The number of hydrogen-bond acceptors (Lipinski definition) is 4. The lowest BCUT2D eigenvalue weighted by Gasteiger charge is -2.35. The Kier molecular flexibility index (Phi) is 4.70. The summed E-state index contributed by atoms with van der Waals surface area (Å²) in [7, 11) is 0. The molecule has 0 heterocycles. The van der Waals surface area contributed by atoms with Crippen molar-refractivity contribution in [3.05, 3.63) is 0 Å². The Balaban J connectivity index is 2.28. The van der Waals surface area contributed by atoms with Gasteiger partial charge < -0.3 is 21.9 Å². The van der Waals surface area contributed by atoms with Crippen LogP contribution in [0.4, 0.5) is 0 Å². The monoisotopic (exact) mass is 229 g/mol. The van der Waals surface area contributed by atoms with Gasteiger partial charge in [0.05, 0.1) is 11.6 Å². The van der Waals surface area contributed by atoms with E-state index in [1.54, 1.807) is 0 Å². The Morgan fingerprint density at radius 1 is 1.69 bits per heavy atom. The molecule has 16 heavy (non-hydrogen) atoms. The Morgan fingerprint density at radius 2 is 2.38 bits per heavy atom. The summed E-state index contributed by atoms with van der Waals surface area (Å²) in [4.78, 5) is 10.7. The van der Waals surface area contributed by atoms with Gasteiger partial charge in [-0.2, -0.15) is 0 Å². The molecule has 0 aromatic heterocycles. The van der Waals surface area contributed by atoms with Crippen LogP contribution >= 0.6 is 0 Å². The van der Waals surface area contributed by atoms with Gasteiger partial charge in [0.2, 0.25) is 5.91 Å². The first-order chi connectivity index (χ1) is 7.43. The van der Waals surface area contributed by atoms with E-state index >= 15 is 0 Å². The summed E-state index contributed by atoms with van der Waals surface area (Å²) in [6, 6.07) is -0.676. The fourth-order valence-electron chi connectivity index (χ4n) is 2.35. The van der Waals surface area contributed by atoms with Crippen molar-refractivity contribution in [2.45, 2.75) is 44.2 Å². The minimum Gasteiger partial charge on any atom is -0.389 e. The van der Waals surface area contributed by atoms with Gasteiger partial charge in [-0.25, -0.2) is 0 Å². The molecule has 5 heteroatoms. The first-order valence-corrected chi connectivity index (χ1v) is 5.91. The fourth-order valence-corrected chi connectivity index (χ4v) is 2.35. The zero-order chi connectivity index (χ0) is 12.2. The molecule has 5 nitrogen and oxygen atoms in total. The molecule has 0 saturated heterocycles. The Hall–Kier alpha value is -0.650. The summed E-state index contributed by atoms with van der Waals surface area (Å²) in [5.41, 5.74) is 9.88. The quantitative estimate of drug-likeness (QED) is 0.502. The number of carbonyl (C=O) groups is 1. The highest BCUT2D eigenvalue weighted by Gasteiger charge is 2.32. The third-order valence-electron chi connectivity index (χ3n) is 3.25. The minimum atomic E-state index is -0.676. The molecule has 0 aromatic carbocycles. The zero-order valence-electron chi connectivity index (χ0n) is 9.91. The van der Waals surface area contributed by atoms with Crippen LogP contribution in [0.25, 0.3) is 0 Å². The smallest absolute Gasteiger partial charge is 0.235 e. The van der Waals surface area contributed by atoms with Crippen LogP contribution in [0.5, 0.6) is 0 Å². The molecule has 1 saturated carbocycles. The van der Waals surface area contributed by atoms with E-state index in [0.29, 0.717) is 19.0 Å². The zero-order valence-corrected chi connectivity index (χ0v) is 9.91. The SMILES string of the molecule is CC1CCCC(O)(CNCC(N)C(N)=O)C1. The lowest BCUT2D eigenvalue weighted by molar-refractivity contribution is -0.119. The topological polar surface area (TPSA) is 101 Å². The highest BCUT2D eigenvalue weighted by Crippen LogP contribution is 2.31. The second-order valence-corrected chi connectivity index (χ2v) is 5.07. The normalized spacial score (nSPS) is 32.3. The van der Waals surface area contributed by atoms with Gasteiger partial charge in [-0.15, -0.1) is 0 Å². The average Bonchev–Trinajstić information content (AvgIpc) is 2.16. The second kappa shape index (κ2) is 5.61. The van der Waals surface area contributed by atoms with Crippen molar-refractivity contribution in [3.8, 4) is 0 Å². The van der Waals surface area contributed by atoms with Crippen LogP contribution in [0.3, 0.4) is 0 Å². The molecule has 6 N–H and O–H groups in total. The maximum atomic E-state index is 10.7. The summed E-state index contributed by atoms with van der Waals surface area (Å²) < 4.78 is 0. The first kappa shape index (κ1) is 13.4. The van der Waals surface area contributed by atoms with Crippen LogP contribution in [0.15, 0.2) is 0 Å². The van der Waals surface area contributed by atoms with Gasteiger partial charge in [0.1, 0.15) is 0 Å². The van der Waals surface area contributed by atoms with Gasteiger partial charge >= 0.3 is 0 Å². The molecular formula is C11H23N3O2. The van der Waals surface area contributed by atoms with E-state index in [0.717, 1.165) is 19.3 Å². The van der Waals surface area contributed by atoms with E-state index in [9.17, 15) is 9.90 Å². The van der Waals surface area contributed by atoms with Crippen LogP contribution in [0.2, 0.25) is 0 Å². The number of nitrogens with one attached hydrogen (secondary N) is 1. The maximum Gasteiger partial charge on any atom is 0.235 e. The molecule has 0 bridgehead atoms. The Labute approximate surface area is 96.6 Å². The number of rotatable bonds is 5. The van der Waals surface area contributed by atoms with Crippen molar-refractivity contribution in [1.82, 2.24) is 5.32 Å². The molecule has 94 valence electrons. The number of nitrogens with two attached hydrogens (primary N) is 2. The molecule has 0 aromatic rings. The summed E-state index contributed by atoms with van der Waals surface area (Å²) in [5, 5.41) is 13.3. The summed E-state index contributed by atoms with van der Waals surface area (Å²) >= 11 is 0. The number of primary amides is 1. The average molecular weight is 229 g/mol. The fraction of sp³-hybridized carbons (Fsp3) is 0.909. The van der Waals surface area contributed by atoms with E-state index < -0.39 is 17.6 Å². The van der Waals surface area contributed by atoms with Gasteiger partial charge in [-0.3, -0.25) is 4.79 Å². The minimum absolute atomic E-state index is 0.325. The predicted octanol–water partition coefficient (Wildman–Crippen LogP) is -0.670. The number of amides is 1. The molecule has 1 aliphatic rings. The molecular weight excluding hydrogens is 206 g/mol. The molecule has 1 amide bonds. The highest BCUT2D eigenvalue weighted by molar-refractivity contribution is 5.79. The van der Waals surface area contributed by atoms with Gasteiger partial charge in [-0.1, -0.05) is 19.8 Å². The van der Waals surface area contributed by atoms with Crippen molar-refractivity contribution >= 4 is 5.91 Å². The summed E-state index contributed by atoms with van der Waals surface area (Å²) in [6.07, 6.45) is 3.87. The van der Waals surface area contributed by atoms with Crippen LogP contribution in [-0.4, -0.2) is 35.7 Å². The van der Waals surface area contributed by atoms with Gasteiger partial charge in [0.25, 0.3) is 0 Å². The van der Waals surface area contributed by atoms with Crippen molar-refractivity contribution in [1.29, 1.82) is 0 Å². The third-order valence-corrected chi connectivity index (χ3v) is 3.25. The maximum absolute atomic E-state index is 10.7. The molecule has 1 aliphatic carbocycles. The van der Waals surface area contributed by atoms with Gasteiger partial charge in [-0.05, 0) is 18.8 Å². The number of carbonyl (C=O) groups excluding carboxylic acids is 1. The number of aliphatic hydroxyl groups is 1. The number of hydrogen-bond donors (Lipinski definition) is 4. The van der Waals surface area contributed by atoms with Gasteiger partial charge in [0, 0.05) is 13.1 Å². The van der Waals surface area contributed by atoms with E-state index in [2.05, 4.69) is 12.2 Å². The van der Waals surface area contributed by atoms with Crippen LogP contribution in [0.1, 0.15) is 32.6 Å². The molecule has 1 fully saturated rings. The van der Waals surface area contributed by atoms with Gasteiger partial charge in [0.15, 0.2) is 0 Å². The van der Waals surface area contributed by atoms with Crippen molar-refractivity contribution in [3.63, 3.8) is 0 Å². The molecule has 3 unspecified atom stereocenters. The summed E-state index contributed by atoms with van der Waals surface area (Å²) in [6.45, 7) is 2.96. The third kappa shape index (κ3) is 4.08. The molecule has 0 aliphatic heterocycles. The summed E-state index contributed by atoms with van der Waals surface area (Å²) in [5.74, 6) is 0.0434. The Bertz CT molecular complexity index is 247. The van der Waals surface area contributed by atoms with E-state index in [-0.39, 0.29) is 0 Å². The van der Waals surface area contributed by atoms with Crippen LogP contribution in [0, 0.1) is 5.92 Å². The van der Waals surface area contributed by atoms with Crippen molar-refractivity contribution in [2.75, 3.05) is 13.1 Å².